The highest BCUT2D eigenvalue weighted by atomic mass is 32.1. The zero-order valence-electron chi connectivity index (χ0n) is 15.6. The summed E-state index contributed by atoms with van der Waals surface area (Å²) in [6.45, 7) is 5.45. The largest absolute Gasteiger partial charge is 0.386 e. The van der Waals surface area contributed by atoms with Crippen molar-refractivity contribution in [3.8, 4) is 0 Å². The van der Waals surface area contributed by atoms with Crippen molar-refractivity contribution >= 4 is 17.2 Å². The van der Waals surface area contributed by atoms with E-state index in [1.165, 1.54) is 10.6 Å². The van der Waals surface area contributed by atoms with Gasteiger partial charge in [0, 0.05) is 19.5 Å². The van der Waals surface area contributed by atoms with Gasteiger partial charge in [-0.25, -0.2) is 9.97 Å². The predicted molar refractivity (Wildman–Crippen MR) is 105 cm³/mol. The molecule has 3 N–H and O–H groups in total. The van der Waals surface area contributed by atoms with Crippen molar-refractivity contribution in [2.75, 3.05) is 18.9 Å². The highest BCUT2D eigenvalue weighted by Crippen LogP contribution is 2.16. The van der Waals surface area contributed by atoms with E-state index in [0.717, 1.165) is 17.5 Å². The van der Waals surface area contributed by atoms with Gasteiger partial charge in [0.2, 0.25) is 5.51 Å². The third kappa shape index (κ3) is 5.09. The summed E-state index contributed by atoms with van der Waals surface area (Å²) in [7, 11) is 0. The fourth-order valence-corrected chi connectivity index (χ4v) is 3.77. The Morgan fingerprint density at radius 2 is 2.04 bits per heavy atom. The average Bonchev–Trinajstić information content (AvgIpc) is 3.01. The van der Waals surface area contributed by atoms with Crippen molar-refractivity contribution in [3.63, 3.8) is 0 Å². The van der Waals surface area contributed by atoms with Crippen LogP contribution in [0.3, 0.4) is 0 Å². The molecule has 1 unspecified atom stereocenters. The molecule has 2 heterocycles. The lowest BCUT2D eigenvalue weighted by molar-refractivity contribution is -0.689. The number of hydrogen-bond donors (Lipinski definition) is 2. The molecule has 0 saturated heterocycles. The molecule has 0 spiro atoms. The first-order valence-corrected chi connectivity index (χ1v) is 9.77. The second kappa shape index (κ2) is 9.03. The molecule has 0 aliphatic heterocycles. The average molecular weight is 386 g/mol. The van der Waals surface area contributed by atoms with E-state index in [9.17, 15) is 5.11 Å². The molecule has 27 heavy (non-hydrogen) atoms. The topological polar surface area (TPSA) is 85.1 Å². The van der Waals surface area contributed by atoms with Gasteiger partial charge in [-0.2, -0.15) is 4.57 Å². The second-order valence-corrected chi connectivity index (χ2v) is 7.38. The number of nitrogens with zero attached hydrogens (tertiary/aromatic N) is 3. The van der Waals surface area contributed by atoms with Gasteiger partial charge in [-0.3, -0.25) is 0 Å². The molecule has 3 rings (SSSR count). The lowest BCUT2D eigenvalue weighted by Gasteiger charge is -2.11. The van der Waals surface area contributed by atoms with E-state index in [1.807, 2.05) is 37.3 Å². The molecule has 2 aromatic heterocycles. The van der Waals surface area contributed by atoms with Crippen LogP contribution in [-0.2, 0) is 17.7 Å². The number of benzene rings is 1. The standard InChI is InChI=1S/C20H25N4O2S/c1-14-19(8-9-26-12-18(25)16-6-4-3-5-7-16)27-13-24(14)11-17-10-22-15(2)23-20(17)21/h3-7,10,13,18,25H,8-9,11-12H2,1-2H3,(H2,21,22,23)/q+1. The van der Waals surface area contributed by atoms with Gasteiger partial charge >= 0.3 is 0 Å². The van der Waals surface area contributed by atoms with E-state index in [2.05, 4.69) is 27.0 Å². The van der Waals surface area contributed by atoms with Crippen LogP contribution in [0, 0.1) is 13.8 Å². The van der Waals surface area contributed by atoms with Gasteiger partial charge in [0.05, 0.1) is 23.7 Å². The molecular weight excluding hydrogens is 360 g/mol. The summed E-state index contributed by atoms with van der Waals surface area (Å²) in [5.41, 5.74) is 11.1. The minimum atomic E-state index is -0.593. The minimum absolute atomic E-state index is 0.297. The Morgan fingerprint density at radius 1 is 1.26 bits per heavy atom. The van der Waals surface area contributed by atoms with Crippen LogP contribution in [-0.4, -0.2) is 28.3 Å². The number of nitrogen functional groups attached to an aromatic ring is 1. The third-order valence-corrected chi connectivity index (χ3v) is 5.59. The molecule has 1 aromatic carbocycles. The quantitative estimate of drug-likeness (QED) is 0.459. The van der Waals surface area contributed by atoms with Crippen molar-refractivity contribution in [1.29, 1.82) is 0 Å². The van der Waals surface area contributed by atoms with Crippen LogP contribution >= 0.6 is 11.3 Å². The van der Waals surface area contributed by atoms with E-state index < -0.39 is 6.10 Å². The SMILES string of the molecule is Cc1ncc(C[n+]2csc(CCOCC(O)c3ccccc3)c2C)c(N)n1. The summed E-state index contributed by atoms with van der Waals surface area (Å²) in [5.74, 6) is 1.21. The summed E-state index contributed by atoms with van der Waals surface area (Å²) in [6.07, 6.45) is 2.01. The number of ether oxygens (including phenoxy) is 1. The number of nitrogens with two attached hydrogens (primary N) is 1. The van der Waals surface area contributed by atoms with Crippen molar-refractivity contribution in [1.82, 2.24) is 9.97 Å². The van der Waals surface area contributed by atoms with Gasteiger partial charge in [-0.1, -0.05) is 41.7 Å². The third-order valence-electron chi connectivity index (χ3n) is 4.45. The normalized spacial score (nSPS) is 12.3. The summed E-state index contributed by atoms with van der Waals surface area (Å²) < 4.78 is 7.83. The van der Waals surface area contributed by atoms with E-state index >= 15 is 0 Å². The number of thiazole rings is 1. The maximum atomic E-state index is 10.1. The van der Waals surface area contributed by atoms with E-state index in [1.54, 1.807) is 17.5 Å². The molecule has 0 bridgehead atoms. The number of aryl methyl sites for hydroxylation is 1. The number of rotatable bonds is 8. The molecule has 142 valence electrons. The van der Waals surface area contributed by atoms with Crippen LogP contribution in [0.25, 0.3) is 0 Å². The van der Waals surface area contributed by atoms with Gasteiger partial charge in [-0.15, -0.1) is 0 Å². The first-order valence-electron chi connectivity index (χ1n) is 8.89. The highest BCUT2D eigenvalue weighted by Gasteiger charge is 2.17. The molecule has 3 aromatic rings. The molecule has 0 saturated carbocycles. The van der Waals surface area contributed by atoms with Crippen molar-refractivity contribution in [2.45, 2.75) is 32.9 Å². The maximum absolute atomic E-state index is 10.1. The minimum Gasteiger partial charge on any atom is -0.386 e. The van der Waals surface area contributed by atoms with Crippen molar-refractivity contribution in [3.05, 3.63) is 69.6 Å². The van der Waals surface area contributed by atoms with Crippen LogP contribution in [0.1, 0.15) is 33.6 Å². The maximum Gasteiger partial charge on any atom is 0.225 e. The number of anilines is 1. The van der Waals surface area contributed by atoms with E-state index in [0.29, 0.717) is 31.4 Å². The van der Waals surface area contributed by atoms with Crippen LogP contribution < -0.4 is 10.3 Å². The smallest absolute Gasteiger partial charge is 0.225 e. The van der Waals surface area contributed by atoms with Crippen LogP contribution in [0.4, 0.5) is 5.82 Å². The summed E-state index contributed by atoms with van der Waals surface area (Å²) in [5, 5.41) is 10.1. The number of aromatic nitrogens is 3. The summed E-state index contributed by atoms with van der Waals surface area (Å²) >= 11 is 1.70. The lowest BCUT2D eigenvalue weighted by atomic mass is 10.1. The molecule has 0 aliphatic carbocycles. The Labute approximate surface area is 163 Å². The van der Waals surface area contributed by atoms with E-state index in [-0.39, 0.29) is 0 Å². The molecule has 1 atom stereocenters. The van der Waals surface area contributed by atoms with Crippen molar-refractivity contribution in [2.24, 2.45) is 0 Å². The number of hydrogen-bond acceptors (Lipinski definition) is 6. The van der Waals surface area contributed by atoms with Crippen LogP contribution in [0.15, 0.2) is 42.0 Å². The van der Waals surface area contributed by atoms with Gasteiger partial charge in [0.25, 0.3) is 0 Å². The van der Waals surface area contributed by atoms with Crippen LogP contribution in [0.5, 0.6) is 0 Å². The molecule has 0 fully saturated rings. The lowest BCUT2D eigenvalue weighted by Crippen LogP contribution is -2.35. The molecule has 6 nitrogen and oxygen atoms in total. The second-order valence-electron chi connectivity index (χ2n) is 6.44. The Bertz CT molecular complexity index is 883. The highest BCUT2D eigenvalue weighted by molar-refractivity contribution is 7.09. The summed E-state index contributed by atoms with van der Waals surface area (Å²) in [4.78, 5) is 9.71. The predicted octanol–water partition coefficient (Wildman–Crippen LogP) is 2.37. The Morgan fingerprint density at radius 3 is 2.78 bits per heavy atom. The first-order chi connectivity index (χ1) is 13.0. The molecule has 0 aliphatic rings. The van der Waals surface area contributed by atoms with Gasteiger partial charge in [-0.05, 0) is 12.5 Å². The zero-order chi connectivity index (χ0) is 19.2. The molecule has 7 heteroatoms. The molecular formula is C20H25N4O2S+. The van der Waals surface area contributed by atoms with Gasteiger partial charge < -0.3 is 15.6 Å². The summed E-state index contributed by atoms with van der Waals surface area (Å²) in [6, 6.07) is 9.57. The number of aliphatic hydroxyl groups is 1. The first kappa shape index (κ1) is 19.4. The van der Waals surface area contributed by atoms with Gasteiger partial charge in [0.1, 0.15) is 17.7 Å². The monoisotopic (exact) mass is 385 g/mol. The fourth-order valence-electron chi connectivity index (χ4n) is 2.80. The zero-order valence-corrected chi connectivity index (χ0v) is 16.4. The number of aliphatic hydroxyl groups excluding tert-OH is 1. The van der Waals surface area contributed by atoms with Crippen LogP contribution in [0.2, 0.25) is 0 Å². The van der Waals surface area contributed by atoms with E-state index in [4.69, 9.17) is 10.5 Å². The Hall–Kier alpha value is -2.35. The molecule has 0 radical (unpaired) electrons. The Balaban J connectivity index is 1.51. The fraction of sp³-hybridized carbons (Fsp3) is 0.350. The van der Waals surface area contributed by atoms with Crippen molar-refractivity contribution < 1.29 is 14.4 Å². The van der Waals surface area contributed by atoms with Gasteiger partial charge in [0.15, 0.2) is 12.2 Å². The Kier molecular flexibility index (Phi) is 6.49. The molecule has 0 amide bonds.